The standard InChI is InChI=1S/C25H27FN6O3/c1-16(2)24-28-23(29-35-24)17-3-8-21(27-14-17)30-9-11-31(12-10-30)25(34)18-13-22(33)32(15-18)20-6-4-19(26)5-7-20/h3-8,14,16,18H,9-13,15H2,1-2H3. The van der Waals surface area contributed by atoms with Crippen molar-refractivity contribution in [2.45, 2.75) is 26.2 Å². The summed E-state index contributed by atoms with van der Waals surface area (Å²) in [5.74, 6) is 1.23. The Morgan fingerprint density at radius 1 is 1.09 bits per heavy atom. The smallest absolute Gasteiger partial charge is 0.229 e. The van der Waals surface area contributed by atoms with Crippen molar-refractivity contribution >= 4 is 23.3 Å². The lowest BCUT2D eigenvalue weighted by atomic mass is 10.1. The molecule has 1 atom stereocenters. The number of aromatic nitrogens is 3. The van der Waals surface area contributed by atoms with Gasteiger partial charge in [-0.2, -0.15) is 4.98 Å². The molecule has 4 heterocycles. The van der Waals surface area contributed by atoms with Gasteiger partial charge in [-0.05, 0) is 36.4 Å². The summed E-state index contributed by atoms with van der Waals surface area (Å²) in [5, 5.41) is 4.02. The van der Waals surface area contributed by atoms with Crippen molar-refractivity contribution in [2.24, 2.45) is 5.92 Å². The predicted molar refractivity (Wildman–Crippen MR) is 127 cm³/mol. The SMILES string of the molecule is CC(C)c1nc(-c2ccc(N3CCN(C(=O)C4CC(=O)N(c5ccc(F)cc5)C4)CC3)nc2)no1. The maximum Gasteiger partial charge on any atom is 0.229 e. The Labute approximate surface area is 202 Å². The number of amides is 2. The van der Waals surface area contributed by atoms with Crippen LogP contribution in [0.4, 0.5) is 15.9 Å². The van der Waals surface area contributed by atoms with Crippen LogP contribution in [0.5, 0.6) is 0 Å². The first-order chi connectivity index (χ1) is 16.9. The molecule has 0 bridgehead atoms. The molecule has 5 rings (SSSR count). The molecule has 10 heteroatoms. The lowest BCUT2D eigenvalue weighted by Crippen LogP contribution is -2.51. The zero-order valence-electron chi connectivity index (χ0n) is 19.7. The summed E-state index contributed by atoms with van der Waals surface area (Å²) < 4.78 is 18.5. The van der Waals surface area contributed by atoms with Gasteiger partial charge in [0.25, 0.3) is 0 Å². The molecule has 3 aromatic rings. The van der Waals surface area contributed by atoms with E-state index in [4.69, 9.17) is 4.52 Å². The number of hydrogen-bond acceptors (Lipinski definition) is 7. The molecular weight excluding hydrogens is 451 g/mol. The van der Waals surface area contributed by atoms with Crippen LogP contribution < -0.4 is 9.80 Å². The fraction of sp³-hybridized carbons (Fsp3) is 0.400. The molecule has 1 unspecified atom stereocenters. The third-order valence-corrected chi connectivity index (χ3v) is 6.47. The molecule has 0 aliphatic carbocycles. The van der Waals surface area contributed by atoms with E-state index in [1.807, 2.05) is 30.9 Å². The second kappa shape index (κ2) is 9.44. The van der Waals surface area contributed by atoms with Gasteiger partial charge in [0.15, 0.2) is 0 Å². The highest BCUT2D eigenvalue weighted by Gasteiger charge is 2.38. The summed E-state index contributed by atoms with van der Waals surface area (Å²) in [7, 11) is 0. The van der Waals surface area contributed by atoms with Crippen molar-refractivity contribution in [2.75, 3.05) is 42.5 Å². The van der Waals surface area contributed by atoms with E-state index in [2.05, 4.69) is 20.0 Å². The van der Waals surface area contributed by atoms with Crippen molar-refractivity contribution in [1.29, 1.82) is 0 Å². The third kappa shape index (κ3) is 4.73. The van der Waals surface area contributed by atoms with Gasteiger partial charge in [-0.1, -0.05) is 19.0 Å². The number of hydrogen-bond donors (Lipinski definition) is 0. The minimum atomic E-state index is -0.387. The van der Waals surface area contributed by atoms with Crippen LogP contribution in [0.25, 0.3) is 11.4 Å². The van der Waals surface area contributed by atoms with Crippen LogP contribution in [-0.4, -0.2) is 64.6 Å². The Morgan fingerprint density at radius 3 is 2.46 bits per heavy atom. The van der Waals surface area contributed by atoms with Gasteiger partial charge in [-0.15, -0.1) is 0 Å². The van der Waals surface area contributed by atoms with Crippen LogP contribution >= 0.6 is 0 Å². The Bertz CT molecular complexity index is 1200. The fourth-order valence-electron chi connectivity index (χ4n) is 4.45. The number of pyridine rings is 1. The first kappa shape index (κ1) is 22.9. The Balaban J connectivity index is 1.17. The average Bonchev–Trinajstić information content (AvgIpc) is 3.52. The molecule has 2 aliphatic heterocycles. The van der Waals surface area contributed by atoms with E-state index in [0.717, 1.165) is 11.4 Å². The van der Waals surface area contributed by atoms with Gasteiger partial charge in [-0.25, -0.2) is 9.37 Å². The minimum absolute atomic E-state index is 0.0102. The van der Waals surface area contributed by atoms with Gasteiger partial charge >= 0.3 is 0 Å². The molecule has 2 aliphatic rings. The molecular formula is C25H27FN6O3. The molecule has 0 radical (unpaired) electrons. The van der Waals surface area contributed by atoms with E-state index < -0.39 is 0 Å². The predicted octanol–water partition coefficient (Wildman–Crippen LogP) is 3.10. The van der Waals surface area contributed by atoms with Gasteiger partial charge in [0.1, 0.15) is 11.6 Å². The summed E-state index contributed by atoms with van der Waals surface area (Å²) in [6.07, 6.45) is 1.91. The number of carbonyl (C=O) groups is 2. The van der Waals surface area contributed by atoms with Gasteiger partial charge in [0, 0.05) is 62.5 Å². The second-order valence-electron chi connectivity index (χ2n) is 9.21. The Morgan fingerprint density at radius 2 is 1.83 bits per heavy atom. The van der Waals surface area contributed by atoms with Gasteiger partial charge in [0.05, 0.1) is 5.92 Å². The molecule has 0 saturated carbocycles. The van der Waals surface area contributed by atoms with Crippen molar-refractivity contribution in [3.8, 4) is 11.4 Å². The number of rotatable bonds is 5. The van der Waals surface area contributed by atoms with E-state index >= 15 is 0 Å². The van der Waals surface area contributed by atoms with Crippen LogP contribution in [0.2, 0.25) is 0 Å². The Hall–Kier alpha value is -3.82. The molecule has 2 fully saturated rings. The number of benzene rings is 1. The molecule has 2 saturated heterocycles. The number of carbonyl (C=O) groups excluding carboxylic acids is 2. The largest absolute Gasteiger partial charge is 0.353 e. The van der Waals surface area contributed by atoms with Crippen LogP contribution in [0.1, 0.15) is 32.1 Å². The molecule has 2 aromatic heterocycles. The minimum Gasteiger partial charge on any atom is -0.353 e. The highest BCUT2D eigenvalue weighted by atomic mass is 19.1. The van der Waals surface area contributed by atoms with E-state index in [-0.39, 0.29) is 35.9 Å². The molecule has 1 aromatic carbocycles. The van der Waals surface area contributed by atoms with Gasteiger partial charge in [-0.3, -0.25) is 9.59 Å². The number of piperazine rings is 1. The normalized spacial score (nSPS) is 18.6. The molecule has 35 heavy (non-hydrogen) atoms. The van der Waals surface area contributed by atoms with E-state index in [9.17, 15) is 14.0 Å². The molecule has 9 nitrogen and oxygen atoms in total. The van der Waals surface area contributed by atoms with Crippen molar-refractivity contribution in [1.82, 2.24) is 20.0 Å². The van der Waals surface area contributed by atoms with Crippen molar-refractivity contribution in [3.05, 3.63) is 54.3 Å². The maximum absolute atomic E-state index is 13.2. The van der Waals surface area contributed by atoms with Crippen LogP contribution in [0.3, 0.4) is 0 Å². The van der Waals surface area contributed by atoms with Crippen molar-refractivity contribution in [3.63, 3.8) is 0 Å². The summed E-state index contributed by atoms with van der Waals surface area (Å²) >= 11 is 0. The zero-order valence-corrected chi connectivity index (χ0v) is 19.7. The summed E-state index contributed by atoms with van der Waals surface area (Å²) in [6, 6.07) is 9.63. The molecule has 0 N–H and O–H groups in total. The zero-order chi connectivity index (χ0) is 24.5. The summed E-state index contributed by atoms with van der Waals surface area (Å²) in [6.45, 7) is 6.74. The van der Waals surface area contributed by atoms with Gasteiger partial charge in [0.2, 0.25) is 23.5 Å². The van der Waals surface area contributed by atoms with E-state index in [1.54, 1.807) is 23.2 Å². The molecule has 182 valence electrons. The Kier molecular flexibility index (Phi) is 6.19. The third-order valence-electron chi connectivity index (χ3n) is 6.47. The highest BCUT2D eigenvalue weighted by molar-refractivity contribution is 6.00. The second-order valence-corrected chi connectivity index (χ2v) is 9.21. The number of halogens is 1. The average molecular weight is 479 g/mol. The first-order valence-corrected chi connectivity index (χ1v) is 11.8. The number of anilines is 2. The first-order valence-electron chi connectivity index (χ1n) is 11.8. The lowest BCUT2D eigenvalue weighted by Gasteiger charge is -2.36. The summed E-state index contributed by atoms with van der Waals surface area (Å²) in [4.78, 5) is 40.1. The maximum atomic E-state index is 13.2. The molecule has 2 amide bonds. The van der Waals surface area contributed by atoms with Gasteiger partial charge < -0.3 is 19.2 Å². The monoisotopic (exact) mass is 478 g/mol. The molecule has 0 spiro atoms. The lowest BCUT2D eigenvalue weighted by molar-refractivity contribution is -0.136. The van der Waals surface area contributed by atoms with Crippen LogP contribution in [0.15, 0.2) is 47.1 Å². The van der Waals surface area contributed by atoms with E-state index in [1.165, 1.54) is 12.1 Å². The summed E-state index contributed by atoms with van der Waals surface area (Å²) in [5.41, 5.74) is 1.40. The quantitative estimate of drug-likeness (QED) is 0.556. The van der Waals surface area contributed by atoms with Crippen molar-refractivity contribution < 1.29 is 18.5 Å². The topological polar surface area (TPSA) is 95.7 Å². The fourth-order valence-corrected chi connectivity index (χ4v) is 4.45. The van der Waals surface area contributed by atoms with Crippen LogP contribution in [0, 0.1) is 11.7 Å². The van der Waals surface area contributed by atoms with E-state index in [0.29, 0.717) is 50.1 Å². The number of nitrogens with zero attached hydrogens (tertiary/aromatic N) is 6. The van der Waals surface area contributed by atoms with Crippen LogP contribution in [-0.2, 0) is 9.59 Å². The highest BCUT2D eigenvalue weighted by Crippen LogP contribution is 2.27.